The maximum Gasteiger partial charge on any atom is 0.240 e. The Morgan fingerprint density at radius 3 is 2.41 bits per heavy atom. The van der Waals surface area contributed by atoms with Crippen molar-refractivity contribution in [2.45, 2.75) is 23.9 Å². The number of halogens is 1. The van der Waals surface area contributed by atoms with Gasteiger partial charge in [-0.25, -0.2) is 17.5 Å². The van der Waals surface area contributed by atoms with Crippen LogP contribution in [0.15, 0.2) is 77.7 Å². The first-order chi connectivity index (χ1) is 15.3. The fourth-order valence-corrected chi connectivity index (χ4v) is 5.21. The van der Waals surface area contributed by atoms with Gasteiger partial charge in [0.2, 0.25) is 10.0 Å². The lowest BCUT2D eigenvalue weighted by atomic mass is 9.96. The first kappa shape index (κ1) is 22.5. The van der Waals surface area contributed by atoms with E-state index in [1.165, 1.54) is 29.3 Å². The molecule has 0 spiro atoms. The van der Waals surface area contributed by atoms with Crippen molar-refractivity contribution < 1.29 is 12.8 Å². The van der Waals surface area contributed by atoms with Gasteiger partial charge in [-0.2, -0.15) is 0 Å². The number of sulfonamides is 1. The second-order valence-electron chi connectivity index (χ2n) is 8.30. The third-order valence-electron chi connectivity index (χ3n) is 5.97. The number of benzene rings is 3. The lowest BCUT2D eigenvalue weighted by Gasteiger charge is -2.36. The SMILES string of the molecule is CN(C)c1ccc([C@H](CNS(=O)(=O)c2cccc(F)c2)N2CCc3ccccc3C2)cc1. The molecule has 4 rings (SSSR count). The molecule has 1 aliphatic heterocycles. The fourth-order valence-electron chi connectivity index (χ4n) is 4.14. The van der Waals surface area contributed by atoms with Gasteiger partial charge in [0.05, 0.1) is 4.90 Å². The van der Waals surface area contributed by atoms with Gasteiger partial charge in [0, 0.05) is 45.5 Å². The van der Waals surface area contributed by atoms with Gasteiger partial charge in [-0.3, -0.25) is 4.90 Å². The standard InChI is InChI=1S/C25H28FN3O2S/c1-28(2)23-12-10-20(11-13-23)25(29-15-14-19-6-3-4-7-21(19)18-29)17-27-32(30,31)24-9-5-8-22(26)16-24/h3-13,16,25,27H,14-15,17-18H2,1-2H3/t25-/m0/s1. The van der Waals surface area contributed by atoms with E-state index in [1.807, 2.05) is 37.2 Å². The van der Waals surface area contributed by atoms with Crippen LogP contribution >= 0.6 is 0 Å². The van der Waals surface area contributed by atoms with Crippen LogP contribution in [0, 0.1) is 5.82 Å². The summed E-state index contributed by atoms with van der Waals surface area (Å²) in [6.45, 7) is 1.78. The highest BCUT2D eigenvalue weighted by molar-refractivity contribution is 7.89. The molecule has 5 nitrogen and oxygen atoms in total. The largest absolute Gasteiger partial charge is 0.378 e. The van der Waals surface area contributed by atoms with Gasteiger partial charge < -0.3 is 4.90 Å². The topological polar surface area (TPSA) is 52.7 Å². The number of anilines is 1. The second-order valence-corrected chi connectivity index (χ2v) is 10.1. The lowest BCUT2D eigenvalue weighted by molar-refractivity contribution is 0.180. The Balaban J connectivity index is 1.60. The third kappa shape index (κ3) is 5.01. The molecule has 168 valence electrons. The average Bonchev–Trinajstić information content (AvgIpc) is 2.79. The van der Waals surface area contributed by atoms with E-state index in [0.29, 0.717) is 0 Å². The molecule has 32 heavy (non-hydrogen) atoms. The zero-order chi connectivity index (χ0) is 22.7. The average molecular weight is 454 g/mol. The van der Waals surface area contributed by atoms with Crippen LogP contribution in [0.3, 0.4) is 0 Å². The maximum atomic E-state index is 13.6. The van der Waals surface area contributed by atoms with Crippen molar-refractivity contribution in [2.75, 3.05) is 32.1 Å². The molecule has 1 heterocycles. The molecule has 0 fully saturated rings. The summed E-state index contributed by atoms with van der Waals surface area (Å²) in [5.41, 5.74) is 4.72. The number of fused-ring (bicyclic) bond motifs is 1. The molecular formula is C25H28FN3O2S. The summed E-state index contributed by atoms with van der Waals surface area (Å²) in [6, 6.07) is 21.5. The van der Waals surface area contributed by atoms with E-state index >= 15 is 0 Å². The summed E-state index contributed by atoms with van der Waals surface area (Å²) >= 11 is 0. The van der Waals surface area contributed by atoms with Crippen LogP contribution < -0.4 is 9.62 Å². The fraction of sp³-hybridized carbons (Fsp3) is 0.280. The van der Waals surface area contributed by atoms with E-state index in [9.17, 15) is 12.8 Å². The Kier molecular flexibility index (Phi) is 6.60. The Hall–Kier alpha value is -2.74. The summed E-state index contributed by atoms with van der Waals surface area (Å²) < 4.78 is 42.0. The highest BCUT2D eigenvalue weighted by Gasteiger charge is 2.27. The summed E-state index contributed by atoms with van der Waals surface area (Å²) in [5, 5.41) is 0. The molecule has 0 saturated heterocycles. The van der Waals surface area contributed by atoms with Crippen LogP contribution in [0.2, 0.25) is 0 Å². The van der Waals surface area contributed by atoms with Crippen LogP contribution in [0.4, 0.5) is 10.1 Å². The van der Waals surface area contributed by atoms with Gasteiger partial charge in [0.25, 0.3) is 0 Å². The van der Waals surface area contributed by atoms with Gasteiger partial charge in [0.15, 0.2) is 0 Å². The number of nitrogens with zero attached hydrogens (tertiary/aromatic N) is 2. The number of hydrogen-bond donors (Lipinski definition) is 1. The molecule has 3 aromatic rings. The molecule has 0 aliphatic carbocycles. The van der Waals surface area contributed by atoms with E-state index in [0.717, 1.165) is 36.8 Å². The molecule has 0 saturated carbocycles. The molecular weight excluding hydrogens is 425 g/mol. The molecule has 7 heteroatoms. The summed E-state index contributed by atoms with van der Waals surface area (Å²) in [5.74, 6) is -0.573. The zero-order valence-electron chi connectivity index (χ0n) is 18.3. The molecule has 0 amide bonds. The second kappa shape index (κ2) is 9.40. The van der Waals surface area contributed by atoms with Crippen molar-refractivity contribution in [1.82, 2.24) is 9.62 Å². The first-order valence-electron chi connectivity index (χ1n) is 10.7. The van der Waals surface area contributed by atoms with Crippen LogP contribution in [0.1, 0.15) is 22.7 Å². The molecule has 0 unspecified atom stereocenters. The minimum atomic E-state index is -3.83. The van der Waals surface area contributed by atoms with Crippen molar-refractivity contribution in [3.63, 3.8) is 0 Å². The lowest BCUT2D eigenvalue weighted by Crippen LogP contribution is -2.40. The third-order valence-corrected chi connectivity index (χ3v) is 7.39. The van der Waals surface area contributed by atoms with E-state index in [2.05, 4.69) is 40.0 Å². The molecule has 3 aromatic carbocycles. The Morgan fingerprint density at radius 2 is 1.72 bits per heavy atom. The van der Waals surface area contributed by atoms with Crippen LogP contribution in [0.25, 0.3) is 0 Å². The van der Waals surface area contributed by atoms with E-state index < -0.39 is 15.8 Å². The van der Waals surface area contributed by atoms with Crippen LogP contribution in [-0.4, -0.2) is 40.5 Å². The summed E-state index contributed by atoms with van der Waals surface area (Å²) in [6.07, 6.45) is 0.916. The summed E-state index contributed by atoms with van der Waals surface area (Å²) in [4.78, 5) is 4.27. The normalized spacial score (nSPS) is 15.2. The molecule has 1 atom stereocenters. The highest BCUT2D eigenvalue weighted by Crippen LogP contribution is 2.29. The van der Waals surface area contributed by atoms with Crippen molar-refractivity contribution in [1.29, 1.82) is 0 Å². The predicted octanol–water partition coefficient (Wildman–Crippen LogP) is 3.97. The smallest absolute Gasteiger partial charge is 0.240 e. The van der Waals surface area contributed by atoms with Gasteiger partial charge in [0.1, 0.15) is 5.82 Å². The molecule has 0 bridgehead atoms. The van der Waals surface area contributed by atoms with Crippen molar-refractivity contribution in [3.8, 4) is 0 Å². The van der Waals surface area contributed by atoms with Crippen molar-refractivity contribution in [2.24, 2.45) is 0 Å². The Labute approximate surface area is 189 Å². The number of hydrogen-bond acceptors (Lipinski definition) is 4. The van der Waals surface area contributed by atoms with Crippen LogP contribution in [0.5, 0.6) is 0 Å². The first-order valence-corrected chi connectivity index (χ1v) is 12.2. The van der Waals surface area contributed by atoms with E-state index in [4.69, 9.17) is 0 Å². The maximum absolute atomic E-state index is 13.6. The molecule has 0 radical (unpaired) electrons. The molecule has 1 N–H and O–H groups in total. The highest BCUT2D eigenvalue weighted by atomic mass is 32.2. The molecule has 1 aliphatic rings. The Morgan fingerprint density at radius 1 is 1.00 bits per heavy atom. The quantitative estimate of drug-likeness (QED) is 0.588. The van der Waals surface area contributed by atoms with Crippen LogP contribution in [-0.2, 0) is 23.0 Å². The van der Waals surface area contributed by atoms with Crippen molar-refractivity contribution >= 4 is 15.7 Å². The number of rotatable bonds is 7. The number of nitrogens with one attached hydrogen (secondary N) is 1. The summed E-state index contributed by atoms with van der Waals surface area (Å²) in [7, 11) is 0.143. The minimum absolute atomic E-state index is 0.0665. The van der Waals surface area contributed by atoms with Gasteiger partial charge in [-0.1, -0.05) is 42.5 Å². The van der Waals surface area contributed by atoms with E-state index in [-0.39, 0.29) is 17.5 Å². The zero-order valence-corrected chi connectivity index (χ0v) is 19.1. The van der Waals surface area contributed by atoms with Crippen molar-refractivity contribution in [3.05, 3.63) is 95.3 Å². The monoisotopic (exact) mass is 453 g/mol. The minimum Gasteiger partial charge on any atom is -0.378 e. The predicted molar refractivity (Wildman–Crippen MR) is 126 cm³/mol. The molecule has 0 aromatic heterocycles. The van der Waals surface area contributed by atoms with Gasteiger partial charge >= 0.3 is 0 Å². The van der Waals surface area contributed by atoms with Gasteiger partial charge in [-0.05, 0) is 53.4 Å². The van der Waals surface area contributed by atoms with E-state index in [1.54, 1.807) is 0 Å². The Bertz CT molecular complexity index is 1180. The van der Waals surface area contributed by atoms with Gasteiger partial charge in [-0.15, -0.1) is 0 Å².